The van der Waals surface area contributed by atoms with E-state index in [2.05, 4.69) is 11.8 Å². The van der Waals surface area contributed by atoms with E-state index in [1.165, 1.54) is 32.1 Å². The number of ether oxygens (including phenoxy) is 1. The number of nitrogens with zero attached hydrogens (tertiary/aromatic N) is 1. The number of hydrogen-bond acceptors (Lipinski definition) is 2. The van der Waals surface area contributed by atoms with Crippen LogP contribution in [-0.4, -0.2) is 29.3 Å². The maximum Gasteiger partial charge on any atom is 0.391 e. The fraction of sp³-hybridized carbons (Fsp3) is 0.630. The highest BCUT2D eigenvalue weighted by Gasteiger charge is 2.42. The number of rotatable bonds is 5. The smallest absolute Gasteiger partial charge is 0.391 e. The van der Waals surface area contributed by atoms with Crippen molar-refractivity contribution in [3.63, 3.8) is 0 Å². The largest absolute Gasteiger partial charge is 0.490 e. The van der Waals surface area contributed by atoms with Crippen molar-refractivity contribution in [2.45, 2.75) is 102 Å². The van der Waals surface area contributed by atoms with Crippen LogP contribution < -0.4 is 4.74 Å². The molecule has 7 heteroatoms. The minimum atomic E-state index is -4.21. The quantitative estimate of drug-likeness (QED) is 0.398. The van der Waals surface area contributed by atoms with Crippen molar-refractivity contribution >= 4 is 10.8 Å². The summed E-state index contributed by atoms with van der Waals surface area (Å²) < 4.78 is 73.5. The van der Waals surface area contributed by atoms with Crippen molar-refractivity contribution < 1.29 is 26.7 Å². The number of benzene rings is 2. The first-order chi connectivity index (χ1) is 16.2. The van der Waals surface area contributed by atoms with Crippen molar-refractivity contribution in [1.29, 1.82) is 0 Å². The van der Waals surface area contributed by atoms with Crippen LogP contribution in [0.3, 0.4) is 0 Å². The fourth-order valence-corrected chi connectivity index (χ4v) is 6.58. The van der Waals surface area contributed by atoms with Crippen LogP contribution in [0.2, 0.25) is 0 Å². The Hall–Kier alpha value is -1.89. The van der Waals surface area contributed by atoms with E-state index in [-0.39, 0.29) is 43.0 Å². The van der Waals surface area contributed by atoms with Crippen LogP contribution in [0.4, 0.5) is 22.0 Å². The SMILES string of the molecule is CC(c1ccc2ccc(OC3CCC(C(F)(F)F)CC3)c(C(F)F)c2c1)N1C2CCCC1CC2. The van der Waals surface area contributed by atoms with E-state index in [0.29, 0.717) is 17.5 Å². The monoisotopic (exact) mass is 481 g/mol. The predicted octanol–water partition coefficient (Wildman–Crippen LogP) is 8.36. The molecule has 2 bridgehead atoms. The second kappa shape index (κ2) is 9.29. The lowest BCUT2D eigenvalue weighted by molar-refractivity contribution is -0.185. The molecular formula is C27H32F5NO. The molecule has 2 aromatic carbocycles. The van der Waals surface area contributed by atoms with Gasteiger partial charge in [-0.25, -0.2) is 8.78 Å². The Morgan fingerprint density at radius 3 is 2.15 bits per heavy atom. The van der Waals surface area contributed by atoms with Gasteiger partial charge in [-0.1, -0.05) is 24.6 Å². The lowest BCUT2D eigenvalue weighted by atomic mass is 9.87. The molecule has 3 fully saturated rings. The summed E-state index contributed by atoms with van der Waals surface area (Å²) in [5, 5.41) is 1.20. The Morgan fingerprint density at radius 2 is 1.53 bits per heavy atom. The number of alkyl halides is 5. The van der Waals surface area contributed by atoms with Gasteiger partial charge in [0.25, 0.3) is 6.43 Å². The van der Waals surface area contributed by atoms with Gasteiger partial charge in [-0.2, -0.15) is 13.2 Å². The van der Waals surface area contributed by atoms with Crippen LogP contribution in [0.5, 0.6) is 5.75 Å². The van der Waals surface area contributed by atoms with Gasteiger partial charge in [0, 0.05) is 18.1 Å². The molecule has 2 aromatic rings. The molecule has 1 aliphatic carbocycles. The van der Waals surface area contributed by atoms with E-state index in [0.717, 1.165) is 10.9 Å². The molecule has 0 spiro atoms. The van der Waals surface area contributed by atoms with Crippen molar-refractivity contribution in [3.05, 3.63) is 41.5 Å². The molecule has 5 rings (SSSR count). The average molecular weight is 482 g/mol. The summed E-state index contributed by atoms with van der Waals surface area (Å²) in [6.45, 7) is 2.17. The summed E-state index contributed by atoms with van der Waals surface area (Å²) in [7, 11) is 0. The van der Waals surface area contributed by atoms with Crippen molar-refractivity contribution in [2.75, 3.05) is 0 Å². The summed E-state index contributed by atoms with van der Waals surface area (Å²) in [4.78, 5) is 2.58. The normalized spacial score (nSPS) is 29.0. The highest BCUT2D eigenvalue weighted by Crippen LogP contribution is 2.44. The molecule has 0 radical (unpaired) electrons. The van der Waals surface area contributed by atoms with Crippen LogP contribution in [0.15, 0.2) is 30.3 Å². The second-order valence-corrected chi connectivity index (χ2v) is 10.3. The minimum absolute atomic E-state index is 0.0222. The van der Waals surface area contributed by atoms with Gasteiger partial charge in [0.15, 0.2) is 0 Å². The molecule has 2 nitrogen and oxygen atoms in total. The fourth-order valence-electron chi connectivity index (χ4n) is 6.58. The molecule has 3 atom stereocenters. The van der Waals surface area contributed by atoms with Crippen LogP contribution in [-0.2, 0) is 0 Å². The zero-order valence-corrected chi connectivity index (χ0v) is 19.5. The third-order valence-corrected chi connectivity index (χ3v) is 8.38. The second-order valence-electron chi connectivity index (χ2n) is 10.3. The molecule has 0 N–H and O–H groups in total. The molecule has 0 aromatic heterocycles. The van der Waals surface area contributed by atoms with Gasteiger partial charge in [-0.3, -0.25) is 4.90 Å². The van der Waals surface area contributed by atoms with Crippen molar-refractivity contribution in [2.24, 2.45) is 5.92 Å². The molecule has 2 saturated heterocycles. The van der Waals surface area contributed by atoms with Crippen molar-refractivity contribution in [3.8, 4) is 5.75 Å². The lowest BCUT2D eigenvalue weighted by Crippen LogP contribution is -2.41. The number of fused-ring (bicyclic) bond motifs is 3. The Morgan fingerprint density at radius 1 is 0.882 bits per heavy atom. The summed E-state index contributed by atoms with van der Waals surface area (Å²) in [5.74, 6) is -1.23. The maximum absolute atomic E-state index is 14.3. The molecule has 1 saturated carbocycles. The van der Waals surface area contributed by atoms with Gasteiger partial charge in [0.2, 0.25) is 0 Å². The van der Waals surface area contributed by atoms with Crippen LogP contribution in [0, 0.1) is 5.92 Å². The Kier molecular flexibility index (Phi) is 6.51. The third kappa shape index (κ3) is 4.52. The van der Waals surface area contributed by atoms with Crippen LogP contribution in [0.1, 0.15) is 88.3 Å². The first kappa shape index (κ1) is 23.8. The van der Waals surface area contributed by atoms with E-state index < -0.39 is 24.6 Å². The third-order valence-electron chi connectivity index (χ3n) is 8.38. The molecule has 186 valence electrons. The first-order valence-electron chi connectivity index (χ1n) is 12.6. The minimum Gasteiger partial charge on any atom is -0.490 e. The van der Waals surface area contributed by atoms with Crippen LogP contribution >= 0.6 is 0 Å². The lowest BCUT2D eigenvalue weighted by Gasteiger charge is -2.39. The molecular weight excluding hydrogens is 449 g/mol. The van der Waals surface area contributed by atoms with Crippen molar-refractivity contribution in [1.82, 2.24) is 4.90 Å². The number of halogens is 5. The summed E-state index contributed by atoms with van der Waals surface area (Å²) in [6.07, 6.45) is -0.937. The topological polar surface area (TPSA) is 12.5 Å². The standard InChI is InChI=1S/C27H32F5NO/c1-16(33-20-3-2-4-21(33)11-10-20)18-6-5-17-7-14-24(25(26(28)29)23(17)15-18)34-22-12-8-19(9-13-22)27(30,31)32/h5-7,14-16,19-22,26H,2-4,8-13H2,1H3. The van der Waals surface area contributed by atoms with Crippen LogP contribution in [0.25, 0.3) is 10.8 Å². The van der Waals surface area contributed by atoms with E-state index in [1.807, 2.05) is 18.2 Å². The Balaban J connectivity index is 1.41. The van der Waals surface area contributed by atoms with E-state index in [1.54, 1.807) is 12.1 Å². The highest BCUT2D eigenvalue weighted by molar-refractivity contribution is 5.88. The molecule has 3 unspecified atom stereocenters. The van der Waals surface area contributed by atoms with Gasteiger partial charge in [0.1, 0.15) is 5.75 Å². The summed E-state index contributed by atoms with van der Waals surface area (Å²) in [5.41, 5.74) is 0.877. The zero-order valence-electron chi connectivity index (χ0n) is 19.5. The maximum atomic E-state index is 14.3. The van der Waals surface area contributed by atoms with Gasteiger partial charge < -0.3 is 4.74 Å². The molecule has 2 aliphatic heterocycles. The number of piperidine rings is 1. The molecule has 34 heavy (non-hydrogen) atoms. The Labute approximate surface area is 197 Å². The predicted molar refractivity (Wildman–Crippen MR) is 122 cm³/mol. The van der Waals surface area contributed by atoms with E-state index in [4.69, 9.17) is 4.74 Å². The van der Waals surface area contributed by atoms with Gasteiger partial charge >= 0.3 is 6.18 Å². The van der Waals surface area contributed by atoms with E-state index in [9.17, 15) is 22.0 Å². The van der Waals surface area contributed by atoms with Gasteiger partial charge in [-0.15, -0.1) is 0 Å². The van der Waals surface area contributed by atoms with Gasteiger partial charge in [-0.05, 0) is 86.8 Å². The summed E-state index contributed by atoms with van der Waals surface area (Å²) >= 11 is 0. The molecule has 3 aliphatic rings. The summed E-state index contributed by atoms with van der Waals surface area (Å²) in [6, 6.07) is 10.4. The first-order valence-corrected chi connectivity index (χ1v) is 12.6. The molecule has 0 amide bonds. The molecule has 2 heterocycles. The highest BCUT2D eigenvalue weighted by atomic mass is 19.4. The number of hydrogen-bond donors (Lipinski definition) is 0. The average Bonchev–Trinajstić information content (AvgIpc) is 3.05. The zero-order chi connectivity index (χ0) is 24.0. The Bertz CT molecular complexity index is 998. The van der Waals surface area contributed by atoms with E-state index >= 15 is 0 Å². The van der Waals surface area contributed by atoms with Gasteiger partial charge in [0.05, 0.1) is 17.6 Å².